The largest absolute Gasteiger partial charge is 0.349 e. The molecule has 1 aromatic carbocycles. The first-order chi connectivity index (χ1) is 12.9. The van der Waals surface area contributed by atoms with E-state index in [9.17, 15) is 9.59 Å². The molecule has 0 radical (unpaired) electrons. The summed E-state index contributed by atoms with van der Waals surface area (Å²) in [5, 5.41) is 7.97. The average molecular weight is 389 g/mol. The van der Waals surface area contributed by atoms with Gasteiger partial charge >= 0.3 is 0 Å². The van der Waals surface area contributed by atoms with E-state index in [1.165, 1.54) is 0 Å². The Labute approximate surface area is 164 Å². The number of rotatable bonds is 5. The first kappa shape index (κ1) is 19.4. The van der Waals surface area contributed by atoms with Crippen molar-refractivity contribution in [3.8, 4) is 5.69 Å². The van der Waals surface area contributed by atoms with Gasteiger partial charge in [-0.3, -0.25) is 9.59 Å². The van der Waals surface area contributed by atoms with Crippen molar-refractivity contribution in [1.82, 2.24) is 20.0 Å². The first-order valence-corrected chi connectivity index (χ1v) is 9.69. The molecule has 0 saturated carbocycles. The highest BCUT2D eigenvalue weighted by Gasteiger charge is 2.24. The maximum atomic E-state index is 12.5. The van der Waals surface area contributed by atoms with Crippen molar-refractivity contribution in [3.05, 3.63) is 47.2 Å². The maximum absolute atomic E-state index is 12.5. The minimum absolute atomic E-state index is 0.0829. The number of benzene rings is 1. The first-order valence-electron chi connectivity index (χ1n) is 9.31. The van der Waals surface area contributed by atoms with E-state index >= 15 is 0 Å². The van der Waals surface area contributed by atoms with Crippen molar-refractivity contribution in [1.29, 1.82) is 0 Å². The smallest absolute Gasteiger partial charge is 0.254 e. The minimum atomic E-state index is -0.137. The molecule has 7 heteroatoms. The van der Waals surface area contributed by atoms with Gasteiger partial charge in [0.1, 0.15) is 0 Å². The van der Waals surface area contributed by atoms with E-state index in [1.54, 1.807) is 29.2 Å². The monoisotopic (exact) mass is 388 g/mol. The molecule has 2 amide bonds. The fourth-order valence-corrected chi connectivity index (χ4v) is 3.32. The molecule has 0 spiro atoms. The third-order valence-electron chi connectivity index (χ3n) is 4.70. The summed E-state index contributed by atoms with van der Waals surface area (Å²) in [6.45, 7) is 5.49. The van der Waals surface area contributed by atoms with Crippen LogP contribution in [-0.2, 0) is 4.79 Å². The Hall–Kier alpha value is -2.34. The molecule has 1 aromatic heterocycles. The van der Waals surface area contributed by atoms with Crippen LogP contribution in [0.3, 0.4) is 0 Å². The number of nitrogens with zero attached hydrogens (tertiary/aromatic N) is 3. The fourth-order valence-electron chi connectivity index (χ4n) is 3.20. The lowest BCUT2D eigenvalue weighted by Gasteiger charge is -2.32. The molecule has 3 rings (SSSR count). The summed E-state index contributed by atoms with van der Waals surface area (Å²) in [5.74, 6) is 0.438. The molecule has 0 atom stereocenters. The zero-order valence-electron chi connectivity index (χ0n) is 15.7. The third-order valence-corrected chi connectivity index (χ3v) is 4.95. The van der Waals surface area contributed by atoms with E-state index in [0.29, 0.717) is 36.0 Å². The van der Waals surface area contributed by atoms with Crippen LogP contribution in [0.15, 0.2) is 36.7 Å². The lowest BCUT2D eigenvalue weighted by molar-refractivity contribution is -0.133. The predicted octanol–water partition coefficient (Wildman–Crippen LogP) is 3.29. The maximum Gasteiger partial charge on any atom is 0.254 e. The quantitative estimate of drug-likeness (QED) is 0.854. The van der Waals surface area contributed by atoms with Crippen LogP contribution in [0.1, 0.15) is 43.5 Å². The van der Waals surface area contributed by atoms with Crippen molar-refractivity contribution >= 4 is 23.4 Å². The highest BCUT2D eigenvalue weighted by molar-refractivity contribution is 6.30. The van der Waals surface area contributed by atoms with E-state index in [-0.39, 0.29) is 17.9 Å². The molecular weight excluding hydrogens is 364 g/mol. The SMILES string of the molecule is CC(C)CC(=O)N1CCC(NC(=O)c2cnn(-c3ccc(Cl)cc3)c2)CC1. The van der Waals surface area contributed by atoms with E-state index in [0.717, 1.165) is 18.5 Å². The second-order valence-electron chi connectivity index (χ2n) is 7.38. The van der Waals surface area contributed by atoms with E-state index < -0.39 is 0 Å². The van der Waals surface area contributed by atoms with Gasteiger partial charge in [0.15, 0.2) is 0 Å². The number of carbonyl (C=O) groups excluding carboxylic acids is 2. The summed E-state index contributed by atoms with van der Waals surface area (Å²) in [6.07, 6.45) is 5.41. The van der Waals surface area contributed by atoms with Gasteiger partial charge in [-0.15, -0.1) is 0 Å². The Kier molecular flexibility index (Phi) is 6.16. The van der Waals surface area contributed by atoms with Crippen LogP contribution in [0.2, 0.25) is 5.02 Å². The molecule has 1 N–H and O–H groups in total. The molecule has 6 nitrogen and oxygen atoms in total. The number of carbonyl (C=O) groups is 2. The molecule has 144 valence electrons. The Morgan fingerprint density at radius 1 is 1.22 bits per heavy atom. The van der Waals surface area contributed by atoms with Crippen molar-refractivity contribution < 1.29 is 9.59 Å². The number of amides is 2. The summed E-state index contributed by atoms with van der Waals surface area (Å²) in [7, 11) is 0. The molecule has 0 unspecified atom stereocenters. The normalized spacial score (nSPS) is 15.2. The van der Waals surface area contributed by atoms with E-state index in [1.807, 2.05) is 17.0 Å². The highest BCUT2D eigenvalue weighted by atomic mass is 35.5. The van der Waals surface area contributed by atoms with Gasteiger partial charge in [-0.05, 0) is 43.0 Å². The molecular formula is C20H25ClN4O2. The van der Waals surface area contributed by atoms with Gasteiger partial charge in [0.2, 0.25) is 5.91 Å². The zero-order valence-corrected chi connectivity index (χ0v) is 16.4. The summed E-state index contributed by atoms with van der Waals surface area (Å²) >= 11 is 5.90. The van der Waals surface area contributed by atoms with Gasteiger partial charge in [0.05, 0.1) is 17.4 Å². The van der Waals surface area contributed by atoms with Crippen molar-refractivity contribution in [2.75, 3.05) is 13.1 Å². The van der Waals surface area contributed by atoms with Crippen LogP contribution in [0.25, 0.3) is 5.69 Å². The van der Waals surface area contributed by atoms with Gasteiger partial charge in [0.25, 0.3) is 5.91 Å². The number of nitrogens with one attached hydrogen (secondary N) is 1. The van der Waals surface area contributed by atoms with Crippen LogP contribution in [0.5, 0.6) is 0 Å². The van der Waals surface area contributed by atoms with Crippen LogP contribution in [0, 0.1) is 5.92 Å². The average Bonchev–Trinajstić information content (AvgIpc) is 3.12. The summed E-state index contributed by atoms with van der Waals surface area (Å²) in [5.41, 5.74) is 1.36. The van der Waals surface area contributed by atoms with E-state index in [2.05, 4.69) is 24.3 Å². The van der Waals surface area contributed by atoms with Crippen molar-refractivity contribution in [2.45, 2.75) is 39.2 Å². The van der Waals surface area contributed by atoms with Crippen LogP contribution < -0.4 is 5.32 Å². The van der Waals surface area contributed by atoms with Crippen LogP contribution in [0.4, 0.5) is 0 Å². The number of hydrogen-bond acceptors (Lipinski definition) is 3. The summed E-state index contributed by atoms with van der Waals surface area (Å²) < 4.78 is 1.65. The lowest BCUT2D eigenvalue weighted by Crippen LogP contribution is -2.46. The van der Waals surface area contributed by atoms with Crippen LogP contribution in [-0.4, -0.2) is 45.6 Å². The van der Waals surface area contributed by atoms with Crippen molar-refractivity contribution in [3.63, 3.8) is 0 Å². The third kappa shape index (κ3) is 5.10. The molecule has 1 fully saturated rings. The second kappa shape index (κ2) is 8.57. The van der Waals surface area contributed by atoms with Gasteiger partial charge in [0, 0.05) is 36.8 Å². The number of likely N-dealkylation sites (tertiary alicyclic amines) is 1. The molecule has 2 heterocycles. The second-order valence-corrected chi connectivity index (χ2v) is 7.81. The number of piperidine rings is 1. The zero-order chi connectivity index (χ0) is 19.4. The molecule has 0 bridgehead atoms. The van der Waals surface area contributed by atoms with Gasteiger partial charge in [-0.2, -0.15) is 5.10 Å². The Morgan fingerprint density at radius 3 is 2.52 bits per heavy atom. The molecule has 27 heavy (non-hydrogen) atoms. The summed E-state index contributed by atoms with van der Waals surface area (Å²) in [6, 6.07) is 7.35. The standard InChI is InChI=1S/C20H25ClN4O2/c1-14(2)11-19(26)24-9-7-17(8-10-24)23-20(27)15-12-22-25(13-15)18-5-3-16(21)4-6-18/h3-6,12-14,17H,7-11H2,1-2H3,(H,23,27). The van der Waals surface area contributed by atoms with Gasteiger partial charge in [-0.25, -0.2) is 4.68 Å². The molecule has 2 aromatic rings. The topological polar surface area (TPSA) is 67.2 Å². The summed E-state index contributed by atoms with van der Waals surface area (Å²) in [4.78, 5) is 26.5. The Morgan fingerprint density at radius 2 is 1.89 bits per heavy atom. The van der Waals surface area contributed by atoms with Crippen molar-refractivity contribution in [2.24, 2.45) is 5.92 Å². The fraction of sp³-hybridized carbons (Fsp3) is 0.450. The Balaban J connectivity index is 1.53. The Bertz CT molecular complexity index is 793. The number of hydrogen-bond donors (Lipinski definition) is 1. The minimum Gasteiger partial charge on any atom is -0.349 e. The van der Waals surface area contributed by atoms with Crippen LogP contribution >= 0.6 is 11.6 Å². The number of aromatic nitrogens is 2. The van der Waals surface area contributed by atoms with Gasteiger partial charge in [-0.1, -0.05) is 25.4 Å². The lowest BCUT2D eigenvalue weighted by atomic mass is 10.0. The van der Waals surface area contributed by atoms with Gasteiger partial charge < -0.3 is 10.2 Å². The molecule has 1 saturated heterocycles. The predicted molar refractivity (Wildman–Crippen MR) is 105 cm³/mol. The number of halogens is 1. The molecule has 1 aliphatic heterocycles. The molecule has 1 aliphatic rings. The molecule has 0 aliphatic carbocycles. The van der Waals surface area contributed by atoms with E-state index in [4.69, 9.17) is 11.6 Å². The highest BCUT2D eigenvalue weighted by Crippen LogP contribution is 2.16.